The summed E-state index contributed by atoms with van der Waals surface area (Å²) >= 11 is 0. The van der Waals surface area contributed by atoms with Crippen molar-refractivity contribution in [2.75, 3.05) is 10.0 Å². The van der Waals surface area contributed by atoms with Gasteiger partial charge in [0.2, 0.25) is 5.60 Å². The Morgan fingerprint density at radius 1 is 0.885 bits per heavy atom. The average Bonchev–Trinajstić information content (AvgIpc) is 2.83. The van der Waals surface area contributed by atoms with E-state index in [1.807, 2.05) is 6.92 Å². The average molecular weight is 356 g/mol. The molecule has 2 aromatic rings. The van der Waals surface area contributed by atoms with Crippen LogP contribution in [0.1, 0.15) is 33.6 Å². The van der Waals surface area contributed by atoms with Crippen LogP contribution in [0, 0.1) is 0 Å². The zero-order valence-corrected chi connectivity index (χ0v) is 13.9. The van der Waals surface area contributed by atoms with Crippen LogP contribution >= 0.6 is 0 Å². The molecule has 0 bridgehead atoms. The Balaban J connectivity index is 0.00000243. The first-order chi connectivity index (χ1) is 12.0. The Morgan fingerprint density at radius 2 is 1.38 bits per heavy atom. The van der Waals surface area contributed by atoms with E-state index in [0.717, 1.165) is 6.42 Å². The summed E-state index contributed by atoms with van der Waals surface area (Å²) in [7, 11) is 0. The normalized spacial score (nSPS) is 19.6. The number of aromatic hydroxyl groups is 1. The Kier molecular flexibility index (Phi) is 5.67. The lowest BCUT2D eigenvalue weighted by molar-refractivity contribution is -0.145. The Bertz CT molecular complexity index is 776. The molecule has 1 saturated heterocycles. The van der Waals surface area contributed by atoms with Crippen molar-refractivity contribution < 1.29 is 19.8 Å². The molecular weight excluding hydrogens is 332 g/mol. The third-order valence-electron chi connectivity index (χ3n) is 4.28. The molecule has 0 aromatic heterocycles. The number of carbonyl (C=O) groups is 2. The smallest absolute Gasteiger partial charge is 0.288 e. The van der Waals surface area contributed by atoms with Crippen LogP contribution in [0.5, 0.6) is 5.75 Å². The lowest BCUT2D eigenvalue weighted by Crippen LogP contribution is -2.44. The number of amides is 2. The first-order valence-corrected chi connectivity index (χ1v) is 8.24. The number of hydrogen-bond acceptors (Lipinski definition) is 4. The van der Waals surface area contributed by atoms with E-state index in [4.69, 9.17) is 0 Å². The Labute approximate surface area is 153 Å². The Morgan fingerprint density at radius 3 is 1.88 bits per heavy atom. The van der Waals surface area contributed by atoms with Crippen molar-refractivity contribution in [3.05, 3.63) is 54.6 Å². The molecule has 3 rings (SSSR count). The fraction of sp³-hybridized carbons (Fsp3) is 0.300. The lowest BCUT2D eigenvalue weighted by atomic mass is 9.96. The van der Waals surface area contributed by atoms with Crippen molar-refractivity contribution in [2.45, 2.75) is 39.2 Å². The summed E-state index contributed by atoms with van der Waals surface area (Å²) in [6.07, 6.45) is 1.38. The summed E-state index contributed by atoms with van der Waals surface area (Å²) in [5.41, 5.74) is -1.20. The van der Waals surface area contributed by atoms with Crippen molar-refractivity contribution in [3.63, 3.8) is 0 Å². The van der Waals surface area contributed by atoms with E-state index in [1.54, 1.807) is 30.3 Å². The summed E-state index contributed by atoms with van der Waals surface area (Å²) in [6, 6.07) is 14.6. The minimum absolute atomic E-state index is 0. The van der Waals surface area contributed by atoms with E-state index < -0.39 is 17.4 Å². The molecule has 1 heterocycles. The predicted octanol–water partition coefficient (Wildman–Crippen LogP) is 3.24. The van der Waals surface area contributed by atoms with Crippen LogP contribution in [0.2, 0.25) is 0 Å². The van der Waals surface area contributed by atoms with Crippen LogP contribution in [0.15, 0.2) is 54.6 Å². The van der Waals surface area contributed by atoms with Crippen molar-refractivity contribution in [1.29, 1.82) is 0 Å². The molecule has 138 valence electrons. The minimum atomic E-state index is -2.08. The third-order valence-corrected chi connectivity index (χ3v) is 4.28. The number of phenolic OH excluding ortho intramolecular Hbond substituents is 1. The summed E-state index contributed by atoms with van der Waals surface area (Å²) in [4.78, 5) is 25.9. The van der Waals surface area contributed by atoms with Crippen molar-refractivity contribution in [1.82, 2.24) is 0 Å². The molecule has 2 amide bonds. The molecule has 1 atom stereocenters. The standard InChI is InChI=1S/C19H20N2O4.CH4/c1-2-3-13-19(25)17(23)20(14-7-5-4-6-8-14)21(18(19)24)15-9-11-16(22)12-10-15;/h4-12,22,25H,2-3,13H2,1H3;1H4. The van der Waals surface area contributed by atoms with Gasteiger partial charge in [-0.2, -0.15) is 0 Å². The molecule has 2 aromatic carbocycles. The van der Waals surface area contributed by atoms with Gasteiger partial charge in [-0.1, -0.05) is 39.0 Å². The number of anilines is 2. The van der Waals surface area contributed by atoms with Crippen molar-refractivity contribution >= 4 is 23.2 Å². The number of carbonyl (C=O) groups excluding carboxylic acids is 2. The minimum Gasteiger partial charge on any atom is -0.508 e. The van der Waals surface area contributed by atoms with Crippen LogP contribution < -0.4 is 10.0 Å². The second-order valence-electron chi connectivity index (χ2n) is 6.05. The number of benzene rings is 2. The van der Waals surface area contributed by atoms with Gasteiger partial charge in [-0.15, -0.1) is 0 Å². The molecule has 2 N–H and O–H groups in total. The van der Waals surface area contributed by atoms with E-state index >= 15 is 0 Å². The molecule has 1 aliphatic rings. The fourth-order valence-electron chi connectivity index (χ4n) is 2.90. The lowest BCUT2D eigenvalue weighted by Gasteiger charge is -2.27. The van der Waals surface area contributed by atoms with E-state index in [2.05, 4.69) is 0 Å². The maximum absolute atomic E-state index is 13.0. The highest BCUT2D eigenvalue weighted by atomic mass is 16.3. The summed E-state index contributed by atoms with van der Waals surface area (Å²) in [6.45, 7) is 1.93. The zero-order chi connectivity index (χ0) is 18.0. The summed E-state index contributed by atoms with van der Waals surface area (Å²) < 4.78 is 0. The number of unbranched alkanes of at least 4 members (excludes halogenated alkanes) is 1. The van der Waals surface area contributed by atoms with Gasteiger partial charge in [-0.05, 0) is 49.2 Å². The van der Waals surface area contributed by atoms with Crippen LogP contribution in [0.4, 0.5) is 11.4 Å². The first kappa shape index (κ1) is 19.5. The fourth-order valence-corrected chi connectivity index (χ4v) is 2.90. The number of phenols is 1. The largest absolute Gasteiger partial charge is 0.508 e. The molecule has 6 heteroatoms. The van der Waals surface area contributed by atoms with E-state index in [0.29, 0.717) is 17.8 Å². The van der Waals surface area contributed by atoms with Gasteiger partial charge in [0.1, 0.15) is 5.75 Å². The topological polar surface area (TPSA) is 81.1 Å². The molecule has 1 fully saturated rings. The predicted molar refractivity (Wildman–Crippen MR) is 101 cm³/mol. The monoisotopic (exact) mass is 356 g/mol. The van der Waals surface area contributed by atoms with Gasteiger partial charge in [-0.25, -0.2) is 10.0 Å². The van der Waals surface area contributed by atoms with Gasteiger partial charge in [0.15, 0.2) is 0 Å². The number of hydrogen-bond donors (Lipinski definition) is 2. The number of rotatable bonds is 5. The number of nitrogens with zero attached hydrogens (tertiary/aromatic N) is 2. The molecule has 6 nitrogen and oxygen atoms in total. The number of aliphatic hydroxyl groups is 1. The van der Waals surface area contributed by atoms with Crippen LogP contribution in [0.3, 0.4) is 0 Å². The van der Waals surface area contributed by atoms with E-state index in [1.165, 1.54) is 34.3 Å². The van der Waals surface area contributed by atoms with Crippen molar-refractivity contribution in [2.24, 2.45) is 0 Å². The molecule has 1 aliphatic heterocycles. The molecule has 0 radical (unpaired) electrons. The van der Waals surface area contributed by atoms with Gasteiger partial charge in [-0.3, -0.25) is 9.59 Å². The van der Waals surface area contributed by atoms with Gasteiger partial charge >= 0.3 is 0 Å². The first-order valence-electron chi connectivity index (χ1n) is 8.24. The highest BCUT2D eigenvalue weighted by molar-refractivity contribution is 6.28. The second kappa shape index (κ2) is 7.58. The second-order valence-corrected chi connectivity index (χ2v) is 6.05. The molecule has 26 heavy (non-hydrogen) atoms. The third kappa shape index (κ3) is 3.15. The van der Waals surface area contributed by atoms with E-state index in [9.17, 15) is 19.8 Å². The van der Waals surface area contributed by atoms with E-state index in [-0.39, 0.29) is 19.6 Å². The number of para-hydroxylation sites is 1. The van der Waals surface area contributed by atoms with Crippen LogP contribution in [0.25, 0.3) is 0 Å². The molecule has 0 spiro atoms. The molecular formula is C20H24N2O4. The van der Waals surface area contributed by atoms with Crippen LogP contribution in [-0.2, 0) is 9.59 Å². The zero-order valence-electron chi connectivity index (χ0n) is 13.9. The SMILES string of the molecule is C.CCCCC1(O)C(=O)N(c2ccccc2)N(c2ccc(O)cc2)C1=O. The van der Waals surface area contributed by atoms with Crippen molar-refractivity contribution in [3.8, 4) is 5.75 Å². The molecule has 1 unspecified atom stereocenters. The maximum Gasteiger partial charge on any atom is 0.288 e. The summed E-state index contributed by atoms with van der Waals surface area (Å²) in [5.74, 6) is -1.29. The Hall–Kier alpha value is -2.86. The molecule has 0 aliphatic carbocycles. The highest BCUT2D eigenvalue weighted by Gasteiger charge is 2.58. The maximum atomic E-state index is 13.0. The molecule has 0 saturated carbocycles. The van der Waals surface area contributed by atoms with Gasteiger partial charge in [0.05, 0.1) is 11.4 Å². The quantitative estimate of drug-likeness (QED) is 0.806. The van der Waals surface area contributed by atoms with Gasteiger partial charge < -0.3 is 10.2 Å². The highest BCUT2D eigenvalue weighted by Crippen LogP contribution is 2.36. The van der Waals surface area contributed by atoms with Gasteiger partial charge in [0, 0.05) is 0 Å². The number of hydrazine groups is 1. The van der Waals surface area contributed by atoms with Crippen LogP contribution in [-0.4, -0.2) is 27.6 Å². The van der Waals surface area contributed by atoms with Gasteiger partial charge in [0.25, 0.3) is 11.8 Å². The summed E-state index contributed by atoms with van der Waals surface area (Å²) in [5, 5.41) is 22.7.